The highest BCUT2D eigenvalue weighted by atomic mass is 16.5. The minimum Gasteiger partial charge on any atom is -0.467 e. The number of hydrogen-bond acceptors (Lipinski definition) is 9. The van der Waals surface area contributed by atoms with E-state index in [1.165, 1.54) is 12.7 Å². The van der Waals surface area contributed by atoms with E-state index in [0.29, 0.717) is 58.0 Å². The average Bonchev–Trinajstić information content (AvgIpc) is 2.70. The molecule has 9 heteroatoms. The molecule has 0 atom stereocenters. The van der Waals surface area contributed by atoms with Crippen LogP contribution in [-0.2, 0) is 15.9 Å². The number of ether oxygens (including phenoxy) is 3. The topological polar surface area (TPSA) is 116 Å². The van der Waals surface area contributed by atoms with Crippen molar-refractivity contribution in [2.75, 3.05) is 63.8 Å². The molecule has 0 spiro atoms. The van der Waals surface area contributed by atoms with E-state index in [0.717, 1.165) is 6.42 Å². The Morgan fingerprint density at radius 3 is 2.19 bits per heavy atom. The standard InChI is InChI=1S/C18H28N6O3/c1-25-18-23-16(20-9-7-15-5-3-2-4-6-15)22-17(24-18)21-10-12-27-14-13-26-11-8-19/h2-6H,7-14,19H2,1H3,(H2,20,21,22,23,24). The largest absolute Gasteiger partial charge is 0.467 e. The van der Waals surface area contributed by atoms with E-state index < -0.39 is 0 Å². The van der Waals surface area contributed by atoms with Crippen LogP contribution in [0.1, 0.15) is 5.56 Å². The molecule has 27 heavy (non-hydrogen) atoms. The van der Waals surface area contributed by atoms with Crippen LogP contribution >= 0.6 is 0 Å². The lowest BCUT2D eigenvalue weighted by atomic mass is 10.1. The van der Waals surface area contributed by atoms with E-state index in [1.807, 2.05) is 18.2 Å². The summed E-state index contributed by atoms with van der Waals surface area (Å²) in [6.45, 7) is 3.91. The number of nitrogens with zero attached hydrogens (tertiary/aromatic N) is 3. The van der Waals surface area contributed by atoms with Crippen molar-refractivity contribution in [3.8, 4) is 6.01 Å². The molecular formula is C18H28N6O3. The molecule has 0 bridgehead atoms. The molecule has 0 radical (unpaired) electrons. The Morgan fingerprint density at radius 1 is 0.852 bits per heavy atom. The van der Waals surface area contributed by atoms with Crippen LogP contribution in [0.3, 0.4) is 0 Å². The van der Waals surface area contributed by atoms with Crippen LogP contribution in [0.5, 0.6) is 6.01 Å². The maximum Gasteiger partial charge on any atom is 0.322 e. The van der Waals surface area contributed by atoms with Crippen molar-refractivity contribution in [3.63, 3.8) is 0 Å². The van der Waals surface area contributed by atoms with E-state index in [2.05, 4.69) is 37.7 Å². The first-order valence-corrected chi connectivity index (χ1v) is 8.99. The Balaban J connectivity index is 1.73. The quantitative estimate of drug-likeness (QED) is 0.414. The lowest BCUT2D eigenvalue weighted by Crippen LogP contribution is -2.17. The SMILES string of the molecule is COc1nc(NCCOCCOCCN)nc(NCCc2ccccc2)n1. The normalized spacial score (nSPS) is 10.6. The minimum atomic E-state index is 0.255. The summed E-state index contributed by atoms with van der Waals surface area (Å²) in [6, 6.07) is 10.5. The van der Waals surface area contributed by atoms with E-state index in [-0.39, 0.29) is 6.01 Å². The molecule has 0 unspecified atom stereocenters. The van der Waals surface area contributed by atoms with Gasteiger partial charge in [0.25, 0.3) is 0 Å². The predicted octanol–water partition coefficient (Wildman–Crippen LogP) is 0.939. The van der Waals surface area contributed by atoms with Gasteiger partial charge >= 0.3 is 6.01 Å². The van der Waals surface area contributed by atoms with Crippen molar-refractivity contribution < 1.29 is 14.2 Å². The van der Waals surface area contributed by atoms with E-state index >= 15 is 0 Å². The second kappa shape index (κ2) is 12.8. The summed E-state index contributed by atoms with van der Waals surface area (Å²) >= 11 is 0. The van der Waals surface area contributed by atoms with Gasteiger partial charge in [-0.05, 0) is 12.0 Å². The van der Waals surface area contributed by atoms with Gasteiger partial charge in [-0.3, -0.25) is 0 Å². The lowest BCUT2D eigenvalue weighted by Gasteiger charge is -2.10. The zero-order valence-electron chi connectivity index (χ0n) is 15.7. The monoisotopic (exact) mass is 376 g/mol. The first kappa shape index (κ1) is 20.8. The molecule has 0 fully saturated rings. The smallest absolute Gasteiger partial charge is 0.322 e. The maximum absolute atomic E-state index is 5.46. The van der Waals surface area contributed by atoms with Gasteiger partial charge < -0.3 is 30.6 Å². The number of rotatable bonds is 14. The maximum atomic E-state index is 5.46. The molecule has 9 nitrogen and oxygen atoms in total. The first-order valence-electron chi connectivity index (χ1n) is 8.99. The third kappa shape index (κ3) is 8.63. The molecule has 0 aliphatic rings. The van der Waals surface area contributed by atoms with Gasteiger partial charge in [0.2, 0.25) is 11.9 Å². The molecule has 0 saturated heterocycles. The van der Waals surface area contributed by atoms with Crippen LogP contribution in [0.4, 0.5) is 11.9 Å². The Bertz CT molecular complexity index is 644. The van der Waals surface area contributed by atoms with Gasteiger partial charge in [0.05, 0.1) is 33.5 Å². The number of nitrogens with one attached hydrogen (secondary N) is 2. The fraction of sp³-hybridized carbons (Fsp3) is 0.500. The summed E-state index contributed by atoms with van der Waals surface area (Å²) in [7, 11) is 1.53. The zero-order chi connectivity index (χ0) is 19.2. The summed E-state index contributed by atoms with van der Waals surface area (Å²) in [6.07, 6.45) is 0.873. The molecule has 0 amide bonds. The number of benzene rings is 1. The molecular weight excluding hydrogens is 348 g/mol. The van der Waals surface area contributed by atoms with Crippen molar-refractivity contribution in [2.45, 2.75) is 6.42 Å². The molecule has 0 aliphatic heterocycles. The fourth-order valence-electron chi connectivity index (χ4n) is 2.21. The number of hydrogen-bond donors (Lipinski definition) is 3. The molecule has 4 N–H and O–H groups in total. The van der Waals surface area contributed by atoms with Gasteiger partial charge in [-0.1, -0.05) is 30.3 Å². The molecule has 1 aromatic carbocycles. The molecule has 1 heterocycles. The highest BCUT2D eigenvalue weighted by Gasteiger charge is 2.06. The van der Waals surface area contributed by atoms with Crippen LogP contribution < -0.4 is 21.1 Å². The molecule has 0 aliphatic carbocycles. The van der Waals surface area contributed by atoms with E-state index in [4.69, 9.17) is 19.9 Å². The summed E-state index contributed by atoms with van der Waals surface area (Å²) in [5.41, 5.74) is 6.59. The van der Waals surface area contributed by atoms with Gasteiger partial charge in [0, 0.05) is 19.6 Å². The third-order valence-corrected chi connectivity index (χ3v) is 3.50. The van der Waals surface area contributed by atoms with Gasteiger partial charge in [0.1, 0.15) is 0 Å². The van der Waals surface area contributed by atoms with Crippen molar-refractivity contribution in [2.24, 2.45) is 5.73 Å². The molecule has 2 rings (SSSR count). The minimum absolute atomic E-state index is 0.255. The van der Waals surface area contributed by atoms with E-state index in [1.54, 1.807) is 0 Å². The number of anilines is 2. The highest BCUT2D eigenvalue weighted by molar-refractivity contribution is 5.36. The van der Waals surface area contributed by atoms with Crippen LogP contribution in [0, 0.1) is 0 Å². The Labute approximate surface area is 159 Å². The number of methoxy groups -OCH3 is 1. The summed E-state index contributed by atoms with van der Waals surface area (Å²) < 4.78 is 15.8. The van der Waals surface area contributed by atoms with Crippen molar-refractivity contribution in [1.82, 2.24) is 15.0 Å². The Kier molecular flexibility index (Phi) is 9.87. The number of nitrogens with two attached hydrogens (primary N) is 1. The summed E-state index contributed by atoms with van der Waals surface area (Å²) in [5.74, 6) is 0.906. The van der Waals surface area contributed by atoms with Crippen molar-refractivity contribution in [3.05, 3.63) is 35.9 Å². The first-order chi connectivity index (χ1) is 13.3. The van der Waals surface area contributed by atoms with Gasteiger partial charge in [-0.15, -0.1) is 0 Å². The fourth-order valence-corrected chi connectivity index (χ4v) is 2.21. The van der Waals surface area contributed by atoms with E-state index in [9.17, 15) is 0 Å². The molecule has 148 valence electrons. The summed E-state index contributed by atoms with van der Waals surface area (Å²) in [4.78, 5) is 12.8. The highest BCUT2D eigenvalue weighted by Crippen LogP contribution is 2.11. The Morgan fingerprint density at radius 2 is 1.52 bits per heavy atom. The lowest BCUT2D eigenvalue weighted by molar-refractivity contribution is 0.0547. The summed E-state index contributed by atoms with van der Waals surface area (Å²) in [5, 5.41) is 6.30. The van der Waals surface area contributed by atoms with Gasteiger partial charge in [-0.2, -0.15) is 15.0 Å². The van der Waals surface area contributed by atoms with Crippen LogP contribution in [-0.4, -0.2) is 68.1 Å². The molecule has 1 aromatic heterocycles. The second-order valence-corrected chi connectivity index (χ2v) is 5.57. The Hall–Kier alpha value is -2.49. The van der Waals surface area contributed by atoms with Gasteiger partial charge in [0.15, 0.2) is 0 Å². The zero-order valence-corrected chi connectivity index (χ0v) is 15.7. The van der Waals surface area contributed by atoms with Crippen LogP contribution in [0.2, 0.25) is 0 Å². The number of aromatic nitrogens is 3. The van der Waals surface area contributed by atoms with Crippen LogP contribution in [0.15, 0.2) is 30.3 Å². The van der Waals surface area contributed by atoms with Crippen LogP contribution in [0.25, 0.3) is 0 Å². The van der Waals surface area contributed by atoms with Crippen molar-refractivity contribution in [1.29, 1.82) is 0 Å². The molecule has 0 saturated carbocycles. The second-order valence-electron chi connectivity index (χ2n) is 5.57. The third-order valence-electron chi connectivity index (χ3n) is 3.50. The van der Waals surface area contributed by atoms with Gasteiger partial charge in [-0.25, -0.2) is 0 Å². The van der Waals surface area contributed by atoms with Crippen molar-refractivity contribution >= 4 is 11.9 Å². The average molecular weight is 376 g/mol. The molecule has 2 aromatic rings. The predicted molar refractivity (Wildman–Crippen MR) is 104 cm³/mol.